The van der Waals surface area contributed by atoms with Gasteiger partial charge in [0.25, 0.3) is 0 Å². The first kappa shape index (κ1) is 19.0. The largest absolute Gasteiger partial charge is 0.421 e. The molecule has 4 heterocycles. The van der Waals surface area contributed by atoms with Crippen LogP contribution in [0, 0.1) is 11.2 Å². The molecule has 1 spiro atoms. The standard InChI is InChI=1S/C21H22FN9O/c1-25-13-5-10(22)4-12-15-17(28-16(12)13)29-20(32-11-6-26-19(24)27-7-11)30-18(15)31-8-14(23)21(9-31)2-3-21/h4-7,14,25H,2-3,8-9,23H2,1H3,(H2,24,26,27)(H,28,29,30)/t14-/m0/s1. The number of nitrogen functional groups attached to an aromatic ring is 1. The summed E-state index contributed by atoms with van der Waals surface area (Å²) in [4.78, 5) is 22.6. The smallest absolute Gasteiger partial charge is 0.326 e. The average molecular weight is 435 g/mol. The maximum absolute atomic E-state index is 14.4. The summed E-state index contributed by atoms with van der Waals surface area (Å²) in [7, 11) is 1.75. The number of nitrogens with two attached hydrogens (primary N) is 2. The van der Waals surface area contributed by atoms with Gasteiger partial charge in [-0.05, 0) is 25.0 Å². The molecule has 32 heavy (non-hydrogen) atoms. The van der Waals surface area contributed by atoms with E-state index in [0.29, 0.717) is 34.8 Å². The Hall–Kier alpha value is -3.73. The Bertz CT molecular complexity index is 1350. The van der Waals surface area contributed by atoms with Crippen molar-refractivity contribution in [3.8, 4) is 11.8 Å². The van der Waals surface area contributed by atoms with Gasteiger partial charge in [0.1, 0.15) is 17.3 Å². The van der Waals surface area contributed by atoms with Crippen molar-refractivity contribution < 1.29 is 9.13 Å². The number of aromatic nitrogens is 5. The zero-order valence-corrected chi connectivity index (χ0v) is 17.4. The Morgan fingerprint density at radius 3 is 2.72 bits per heavy atom. The molecule has 0 radical (unpaired) electrons. The third-order valence-corrected chi connectivity index (χ3v) is 6.51. The van der Waals surface area contributed by atoms with Crippen LogP contribution in [-0.2, 0) is 0 Å². The van der Waals surface area contributed by atoms with Crippen molar-refractivity contribution in [3.63, 3.8) is 0 Å². The fourth-order valence-corrected chi connectivity index (χ4v) is 4.62. The topological polar surface area (TPSA) is 144 Å². The van der Waals surface area contributed by atoms with E-state index < -0.39 is 0 Å². The molecule has 1 aliphatic carbocycles. The number of halogens is 1. The minimum absolute atomic E-state index is 0.0668. The van der Waals surface area contributed by atoms with E-state index in [1.807, 2.05) is 0 Å². The predicted molar refractivity (Wildman–Crippen MR) is 119 cm³/mol. The van der Waals surface area contributed by atoms with Crippen LogP contribution >= 0.6 is 0 Å². The number of benzene rings is 1. The van der Waals surface area contributed by atoms with Gasteiger partial charge in [-0.15, -0.1) is 0 Å². The maximum Gasteiger partial charge on any atom is 0.326 e. The summed E-state index contributed by atoms with van der Waals surface area (Å²) in [6.45, 7) is 1.46. The lowest BCUT2D eigenvalue weighted by atomic mass is 10.0. The number of hydrogen-bond donors (Lipinski definition) is 4. The number of H-pyrrole nitrogens is 1. The van der Waals surface area contributed by atoms with Crippen molar-refractivity contribution in [1.82, 2.24) is 24.9 Å². The van der Waals surface area contributed by atoms with Gasteiger partial charge in [-0.25, -0.2) is 14.4 Å². The van der Waals surface area contributed by atoms with Crippen molar-refractivity contribution in [2.24, 2.45) is 11.1 Å². The van der Waals surface area contributed by atoms with Gasteiger partial charge in [0.05, 0.1) is 29.0 Å². The molecule has 1 aromatic carbocycles. The van der Waals surface area contributed by atoms with E-state index in [0.717, 1.165) is 30.3 Å². The molecule has 0 bridgehead atoms. The van der Waals surface area contributed by atoms with Gasteiger partial charge in [0, 0.05) is 37.0 Å². The zero-order chi connectivity index (χ0) is 22.0. The van der Waals surface area contributed by atoms with Crippen LogP contribution in [0.1, 0.15) is 12.8 Å². The van der Waals surface area contributed by atoms with Crippen molar-refractivity contribution in [2.45, 2.75) is 18.9 Å². The highest BCUT2D eigenvalue weighted by molar-refractivity contribution is 6.14. The van der Waals surface area contributed by atoms with Gasteiger partial charge < -0.3 is 31.4 Å². The van der Waals surface area contributed by atoms with Gasteiger partial charge in [-0.2, -0.15) is 9.97 Å². The number of fused-ring (bicyclic) bond motifs is 3. The van der Waals surface area contributed by atoms with Crippen molar-refractivity contribution >= 4 is 39.4 Å². The van der Waals surface area contributed by atoms with Crippen LogP contribution in [0.25, 0.3) is 21.9 Å². The molecular formula is C21H22FN9O. The average Bonchev–Trinajstić information content (AvgIpc) is 3.36. The molecule has 164 valence electrons. The lowest BCUT2D eigenvalue weighted by Gasteiger charge is -2.19. The van der Waals surface area contributed by atoms with Crippen LogP contribution in [0.2, 0.25) is 0 Å². The molecule has 2 fully saturated rings. The molecule has 6 rings (SSSR count). The number of anilines is 3. The fraction of sp³-hybridized carbons (Fsp3) is 0.333. The van der Waals surface area contributed by atoms with E-state index in [-0.39, 0.29) is 29.2 Å². The molecule has 10 nitrogen and oxygen atoms in total. The van der Waals surface area contributed by atoms with E-state index in [1.54, 1.807) is 7.05 Å². The SMILES string of the molecule is CNc1cc(F)cc2c1[nH]c1nc(Oc3cnc(N)nc3)nc(N3C[C@H](N)C4(CC4)C3)c12. The molecule has 11 heteroatoms. The van der Waals surface area contributed by atoms with Gasteiger partial charge in [0.15, 0.2) is 5.75 Å². The number of ether oxygens (including phenoxy) is 1. The second kappa shape index (κ2) is 6.63. The fourth-order valence-electron chi connectivity index (χ4n) is 4.62. The minimum Gasteiger partial charge on any atom is -0.421 e. The second-order valence-electron chi connectivity index (χ2n) is 8.53. The van der Waals surface area contributed by atoms with Crippen molar-refractivity contribution in [1.29, 1.82) is 0 Å². The Morgan fingerprint density at radius 1 is 1.25 bits per heavy atom. The first-order valence-corrected chi connectivity index (χ1v) is 10.4. The molecule has 6 N–H and O–H groups in total. The summed E-state index contributed by atoms with van der Waals surface area (Å²) in [6, 6.07) is 3.14. The summed E-state index contributed by atoms with van der Waals surface area (Å²) in [5, 5.41) is 4.48. The second-order valence-corrected chi connectivity index (χ2v) is 8.53. The molecule has 1 saturated carbocycles. The van der Waals surface area contributed by atoms with Gasteiger partial charge in [-0.3, -0.25) is 0 Å². The molecule has 3 aromatic heterocycles. The van der Waals surface area contributed by atoms with Gasteiger partial charge in [-0.1, -0.05) is 0 Å². The van der Waals surface area contributed by atoms with Crippen LogP contribution in [0.15, 0.2) is 24.5 Å². The van der Waals surface area contributed by atoms with E-state index in [9.17, 15) is 4.39 Å². The molecule has 1 aliphatic heterocycles. The Balaban J connectivity index is 1.54. The molecular weight excluding hydrogens is 413 g/mol. The molecule has 1 saturated heterocycles. The summed E-state index contributed by atoms with van der Waals surface area (Å²) < 4.78 is 20.3. The Kier molecular flexibility index (Phi) is 3.94. The lowest BCUT2D eigenvalue weighted by Crippen LogP contribution is -2.30. The number of rotatable bonds is 4. The van der Waals surface area contributed by atoms with Gasteiger partial charge in [0.2, 0.25) is 5.95 Å². The van der Waals surface area contributed by atoms with Crippen LogP contribution in [0.4, 0.5) is 21.8 Å². The normalized spacial score (nSPS) is 19.2. The first-order valence-electron chi connectivity index (χ1n) is 10.4. The maximum atomic E-state index is 14.4. The number of nitrogens with zero attached hydrogens (tertiary/aromatic N) is 5. The lowest BCUT2D eigenvalue weighted by molar-refractivity contribution is 0.440. The highest BCUT2D eigenvalue weighted by Crippen LogP contribution is 2.53. The number of nitrogens with one attached hydrogen (secondary N) is 2. The minimum atomic E-state index is -0.343. The third kappa shape index (κ3) is 2.88. The van der Waals surface area contributed by atoms with Crippen LogP contribution < -0.4 is 26.4 Å². The summed E-state index contributed by atoms with van der Waals surface area (Å²) >= 11 is 0. The quantitative estimate of drug-likeness (QED) is 0.380. The summed E-state index contributed by atoms with van der Waals surface area (Å²) in [6.07, 6.45) is 5.13. The zero-order valence-electron chi connectivity index (χ0n) is 17.4. The molecule has 1 atom stereocenters. The third-order valence-electron chi connectivity index (χ3n) is 6.51. The molecule has 4 aromatic rings. The highest BCUT2D eigenvalue weighted by atomic mass is 19.1. The van der Waals surface area contributed by atoms with E-state index in [4.69, 9.17) is 21.2 Å². The van der Waals surface area contributed by atoms with Crippen molar-refractivity contribution in [2.75, 3.05) is 36.1 Å². The van der Waals surface area contributed by atoms with Crippen molar-refractivity contribution in [3.05, 3.63) is 30.3 Å². The highest BCUT2D eigenvalue weighted by Gasteiger charge is 2.54. The molecule has 0 amide bonds. The number of aromatic amines is 1. The summed E-state index contributed by atoms with van der Waals surface area (Å²) in [5.74, 6) is 0.830. The van der Waals surface area contributed by atoms with E-state index >= 15 is 0 Å². The van der Waals surface area contributed by atoms with Crippen LogP contribution in [0.5, 0.6) is 11.8 Å². The molecule has 2 aliphatic rings. The predicted octanol–water partition coefficient (Wildman–Crippen LogP) is 2.38. The summed E-state index contributed by atoms with van der Waals surface area (Å²) in [5.41, 5.74) is 14.1. The monoisotopic (exact) mass is 435 g/mol. The van der Waals surface area contributed by atoms with E-state index in [2.05, 4.69) is 30.2 Å². The van der Waals surface area contributed by atoms with Gasteiger partial charge >= 0.3 is 6.01 Å². The van der Waals surface area contributed by atoms with E-state index in [1.165, 1.54) is 24.5 Å². The number of hydrogen-bond acceptors (Lipinski definition) is 9. The molecule has 0 unspecified atom stereocenters. The Labute approximate surface area is 182 Å². The first-order chi connectivity index (χ1) is 15.5. The van der Waals surface area contributed by atoms with Crippen LogP contribution in [0.3, 0.4) is 0 Å². The Morgan fingerprint density at radius 2 is 2.03 bits per heavy atom. The van der Waals surface area contributed by atoms with Crippen LogP contribution in [-0.4, -0.2) is 51.1 Å².